The summed E-state index contributed by atoms with van der Waals surface area (Å²) in [6, 6.07) is 6.71. The number of esters is 1. The van der Waals surface area contributed by atoms with Crippen LogP contribution in [0.25, 0.3) is 0 Å². The molecule has 0 aromatic heterocycles. The maximum Gasteiger partial charge on any atom is 0.338 e. The second-order valence-electron chi connectivity index (χ2n) is 2.90. The third kappa shape index (κ3) is 3.65. The molecule has 0 aliphatic heterocycles. The van der Waals surface area contributed by atoms with Crippen molar-refractivity contribution in [1.82, 2.24) is 0 Å². The molecule has 0 bridgehead atoms. The van der Waals surface area contributed by atoms with Gasteiger partial charge in [-0.15, -0.1) is 0 Å². The molecule has 0 aliphatic rings. The molecule has 0 spiro atoms. The van der Waals surface area contributed by atoms with Crippen LogP contribution in [0.2, 0.25) is 0 Å². The van der Waals surface area contributed by atoms with E-state index in [2.05, 4.69) is 6.58 Å². The molecule has 0 aliphatic carbocycles. The fourth-order valence-corrected chi connectivity index (χ4v) is 1.08. The van der Waals surface area contributed by atoms with Crippen LogP contribution in [-0.4, -0.2) is 26.3 Å². The van der Waals surface area contributed by atoms with E-state index in [0.29, 0.717) is 17.9 Å². The van der Waals surface area contributed by atoms with Crippen LogP contribution in [0.15, 0.2) is 37.1 Å². The lowest BCUT2D eigenvalue weighted by Gasteiger charge is -2.05. The summed E-state index contributed by atoms with van der Waals surface area (Å²) in [6.45, 7) is 3.89. The summed E-state index contributed by atoms with van der Waals surface area (Å²) in [5, 5.41) is 0. The van der Waals surface area contributed by atoms with Crippen molar-refractivity contribution in [2.45, 2.75) is 0 Å². The van der Waals surface area contributed by atoms with E-state index in [0.717, 1.165) is 0 Å². The van der Waals surface area contributed by atoms with Crippen molar-refractivity contribution in [3.8, 4) is 5.75 Å². The molecular weight excluding hydrogens is 208 g/mol. The summed E-state index contributed by atoms with van der Waals surface area (Å²) in [6.07, 6.45) is 1.31. The highest BCUT2D eigenvalue weighted by atomic mass is 16.6. The summed E-state index contributed by atoms with van der Waals surface area (Å²) in [5.74, 6) is 0.321. The van der Waals surface area contributed by atoms with Gasteiger partial charge in [0.05, 0.1) is 18.9 Å². The standard InChI is InChI=1S/C12H14O4/c1-3-15-8-9-16-12(13)10-4-6-11(14-2)7-5-10/h3-7H,1,8-9H2,2H3. The van der Waals surface area contributed by atoms with Gasteiger partial charge in [0.15, 0.2) is 0 Å². The molecule has 16 heavy (non-hydrogen) atoms. The number of ether oxygens (including phenoxy) is 3. The molecule has 0 radical (unpaired) electrons. The van der Waals surface area contributed by atoms with Gasteiger partial charge in [-0.3, -0.25) is 0 Å². The number of methoxy groups -OCH3 is 1. The Labute approximate surface area is 94.4 Å². The van der Waals surface area contributed by atoms with Gasteiger partial charge in [-0.25, -0.2) is 4.79 Å². The average molecular weight is 222 g/mol. The summed E-state index contributed by atoms with van der Waals surface area (Å²) in [5.41, 5.74) is 0.486. The Morgan fingerprint density at radius 1 is 1.31 bits per heavy atom. The Morgan fingerprint density at radius 2 is 2.00 bits per heavy atom. The third-order valence-corrected chi connectivity index (χ3v) is 1.88. The van der Waals surface area contributed by atoms with E-state index in [1.165, 1.54) is 6.26 Å². The van der Waals surface area contributed by atoms with Crippen molar-refractivity contribution in [3.05, 3.63) is 42.7 Å². The highest BCUT2D eigenvalue weighted by Crippen LogP contribution is 2.11. The minimum Gasteiger partial charge on any atom is -0.498 e. The lowest BCUT2D eigenvalue weighted by Crippen LogP contribution is -2.09. The topological polar surface area (TPSA) is 44.8 Å². The van der Waals surface area contributed by atoms with E-state index in [1.54, 1.807) is 31.4 Å². The average Bonchev–Trinajstić information content (AvgIpc) is 2.34. The first-order valence-corrected chi connectivity index (χ1v) is 4.81. The number of rotatable bonds is 6. The quantitative estimate of drug-likeness (QED) is 0.419. The lowest BCUT2D eigenvalue weighted by atomic mass is 10.2. The molecule has 1 aromatic rings. The Bertz CT molecular complexity index is 343. The molecule has 1 aromatic carbocycles. The summed E-state index contributed by atoms with van der Waals surface area (Å²) < 4.78 is 14.8. The zero-order valence-corrected chi connectivity index (χ0v) is 9.14. The van der Waals surface area contributed by atoms with Crippen LogP contribution in [0.4, 0.5) is 0 Å². The molecule has 4 heteroatoms. The molecule has 0 unspecified atom stereocenters. The van der Waals surface area contributed by atoms with E-state index >= 15 is 0 Å². The summed E-state index contributed by atoms with van der Waals surface area (Å²) >= 11 is 0. The monoisotopic (exact) mass is 222 g/mol. The fraction of sp³-hybridized carbons (Fsp3) is 0.250. The first-order valence-electron chi connectivity index (χ1n) is 4.81. The molecule has 0 saturated heterocycles. The highest BCUT2D eigenvalue weighted by molar-refractivity contribution is 5.89. The second kappa shape index (κ2) is 6.50. The van der Waals surface area contributed by atoms with Gasteiger partial charge in [0.2, 0.25) is 0 Å². The Hall–Kier alpha value is -1.97. The van der Waals surface area contributed by atoms with Gasteiger partial charge in [-0.1, -0.05) is 6.58 Å². The van der Waals surface area contributed by atoms with E-state index < -0.39 is 0 Å². The number of carbonyl (C=O) groups is 1. The number of hydrogen-bond acceptors (Lipinski definition) is 4. The SMILES string of the molecule is C=COCCOC(=O)c1ccc(OC)cc1. The number of benzene rings is 1. The molecule has 1 rings (SSSR count). The van der Waals surface area contributed by atoms with Gasteiger partial charge < -0.3 is 14.2 Å². The molecule has 0 atom stereocenters. The zero-order valence-electron chi connectivity index (χ0n) is 9.14. The van der Waals surface area contributed by atoms with Gasteiger partial charge in [0.1, 0.15) is 19.0 Å². The van der Waals surface area contributed by atoms with Gasteiger partial charge in [-0.05, 0) is 24.3 Å². The third-order valence-electron chi connectivity index (χ3n) is 1.88. The first kappa shape index (κ1) is 12.1. The van der Waals surface area contributed by atoms with Crippen LogP contribution in [-0.2, 0) is 9.47 Å². The normalized spacial score (nSPS) is 9.31. The van der Waals surface area contributed by atoms with E-state index in [1.807, 2.05) is 0 Å². The van der Waals surface area contributed by atoms with Crippen LogP contribution < -0.4 is 4.74 Å². The van der Waals surface area contributed by atoms with E-state index in [9.17, 15) is 4.79 Å². The van der Waals surface area contributed by atoms with Gasteiger partial charge in [0.25, 0.3) is 0 Å². The second-order valence-corrected chi connectivity index (χ2v) is 2.90. The van der Waals surface area contributed by atoms with Gasteiger partial charge >= 0.3 is 5.97 Å². The van der Waals surface area contributed by atoms with E-state index in [-0.39, 0.29) is 12.6 Å². The van der Waals surface area contributed by atoms with Crippen molar-refractivity contribution in [1.29, 1.82) is 0 Å². The van der Waals surface area contributed by atoms with Crippen molar-refractivity contribution in [2.24, 2.45) is 0 Å². The Morgan fingerprint density at radius 3 is 2.56 bits per heavy atom. The smallest absolute Gasteiger partial charge is 0.338 e. The lowest BCUT2D eigenvalue weighted by molar-refractivity contribution is 0.0421. The Balaban J connectivity index is 2.43. The molecular formula is C12H14O4. The molecule has 0 amide bonds. The summed E-state index contributed by atoms with van der Waals surface area (Å²) in [4.78, 5) is 11.5. The van der Waals surface area contributed by atoms with Crippen LogP contribution in [0.1, 0.15) is 10.4 Å². The molecule has 0 heterocycles. The van der Waals surface area contributed by atoms with Crippen LogP contribution in [0.5, 0.6) is 5.75 Å². The number of hydrogen-bond donors (Lipinski definition) is 0. The maximum atomic E-state index is 11.5. The highest BCUT2D eigenvalue weighted by Gasteiger charge is 2.06. The molecule has 0 fully saturated rings. The fourth-order valence-electron chi connectivity index (χ4n) is 1.08. The van der Waals surface area contributed by atoms with Crippen molar-refractivity contribution in [2.75, 3.05) is 20.3 Å². The summed E-state index contributed by atoms with van der Waals surface area (Å²) in [7, 11) is 1.57. The predicted molar refractivity (Wildman–Crippen MR) is 59.4 cm³/mol. The minimum absolute atomic E-state index is 0.205. The molecule has 4 nitrogen and oxygen atoms in total. The number of carbonyl (C=O) groups excluding carboxylic acids is 1. The zero-order chi connectivity index (χ0) is 11.8. The maximum absolute atomic E-state index is 11.5. The molecule has 0 N–H and O–H groups in total. The van der Waals surface area contributed by atoms with Gasteiger partial charge in [0, 0.05) is 0 Å². The largest absolute Gasteiger partial charge is 0.498 e. The predicted octanol–water partition coefficient (Wildman–Crippen LogP) is 2.01. The van der Waals surface area contributed by atoms with Gasteiger partial charge in [-0.2, -0.15) is 0 Å². The van der Waals surface area contributed by atoms with Crippen molar-refractivity contribution < 1.29 is 19.0 Å². The molecule has 86 valence electrons. The van der Waals surface area contributed by atoms with Crippen LogP contribution >= 0.6 is 0 Å². The first-order chi connectivity index (χ1) is 7.77. The molecule has 0 saturated carbocycles. The van der Waals surface area contributed by atoms with Crippen LogP contribution in [0, 0.1) is 0 Å². The van der Waals surface area contributed by atoms with E-state index in [4.69, 9.17) is 14.2 Å². The Kier molecular flexibility index (Phi) is 4.92. The minimum atomic E-state index is -0.379. The van der Waals surface area contributed by atoms with Crippen LogP contribution in [0.3, 0.4) is 0 Å². The van der Waals surface area contributed by atoms with Crippen molar-refractivity contribution in [3.63, 3.8) is 0 Å². The van der Waals surface area contributed by atoms with Crippen molar-refractivity contribution >= 4 is 5.97 Å².